The SMILES string of the molecule is Cc1ccc2nc(-c3ccccc3)cc(C(=O)NCCc3ccco3)c2c1. The number of hydrogen-bond donors (Lipinski definition) is 1. The Morgan fingerprint density at radius 3 is 2.67 bits per heavy atom. The lowest BCUT2D eigenvalue weighted by Crippen LogP contribution is -2.26. The third kappa shape index (κ3) is 3.75. The summed E-state index contributed by atoms with van der Waals surface area (Å²) in [6.45, 7) is 2.53. The van der Waals surface area contributed by atoms with Gasteiger partial charge in [0.05, 0.1) is 23.0 Å². The first-order chi connectivity index (χ1) is 13.2. The predicted octanol–water partition coefficient (Wildman–Crippen LogP) is 4.78. The van der Waals surface area contributed by atoms with Crippen molar-refractivity contribution in [1.29, 1.82) is 0 Å². The van der Waals surface area contributed by atoms with Gasteiger partial charge in [-0.3, -0.25) is 4.79 Å². The largest absolute Gasteiger partial charge is 0.469 e. The zero-order valence-electron chi connectivity index (χ0n) is 15.1. The van der Waals surface area contributed by atoms with Gasteiger partial charge < -0.3 is 9.73 Å². The van der Waals surface area contributed by atoms with Crippen LogP contribution in [0.15, 0.2) is 77.4 Å². The molecule has 4 nitrogen and oxygen atoms in total. The van der Waals surface area contributed by atoms with E-state index in [1.165, 1.54) is 0 Å². The van der Waals surface area contributed by atoms with E-state index in [1.807, 2.05) is 73.7 Å². The number of hydrogen-bond acceptors (Lipinski definition) is 3. The van der Waals surface area contributed by atoms with E-state index < -0.39 is 0 Å². The van der Waals surface area contributed by atoms with Gasteiger partial charge in [0.15, 0.2) is 0 Å². The van der Waals surface area contributed by atoms with Crippen LogP contribution in [0, 0.1) is 6.92 Å². The lowest BCUT2D eigenvalue weighted by Gasteiger charge is -2.11. The Hall–Kier alpha value is -3.40. The quantitative estimate of drug-likeness (QED) is 0.560. The number of aryl methyl sites for hydroxylation is 1. The number of amides is 1. The molecule has 0 saturated carbocycles. The van der Waals surface area contributed by atoms with Gasteiger partial charge in [0, 0.05) is 23.9 Å². The molecule has 2 aromatic carbocycles. The van der Waals surface area contributed by atoms with E-state index >= 15 is 0 Å². The van der Waals surface area contributed by atoms with Crippen LogP contribution in [-0.4, -0.2) is 17.4 Å². The molecule has 0 bridgehead atoms. The van der Waals surface area contributed by atoms with E-state index in [0.29, 0.717) is 18.5 Å². The topological polar surface area (TPSA) is 55.1 Å². The monoisotopic (exact) mass is 356 g/mol. The molecule has 0 saturated heterocycles. The lowest BCUT2D eigenvalue weighted by molar-refractivity contribution is 0.0955. The van der Waals surface area contributed by atoms with Crippen LogP contribution in [0.25, 0.3) is 22.2 Å². The Morgan fingerprint density at radius 1 is 1.04 bits per heavy atom. The van der Waals surface area contributed by atoms with Crippen molar-refractivity contribution < 1.29 is 9.21 Å². The summed E-state index contributed by atoms with van der Waals surface area (Å²) >= 11 is 0. The van der Waals surface area contributed by atoms with Crippen molar-refractivity contribution in [1.82, 2.24) is 10.3 Å². The average Bonchev–Trinajstić information content (AvgIpc) is 3.21. The molecule has 134 valence electrons. The fourth-order valence-electron chi connectivity index (χ4n) is 3.13. The Balaban J connectivity index is 1.68. The van der Waals surface area contributed by atoms with E-state index in [1.54, 1.807) is 6.26 Å². The van der Waals surface area contributed by atoms with Crippen LogP contribution in [0.5, 0.6) is 0 Å². The fraction of sp³-hybridized carbons (Fsp3) is 0.130. The van der Waals surface area contributed by atoms with Crippen molar-refractivity contribution in [3.05, 3.63) is 89.9 Å². The van der Waals surface area contributed by atoms with Crippen molar-refractivity contribution in [3.63, 3.8) is 0 Å². The molecule has 0 atom stereocenters. The number of carbonyl (C=O) groups is 1. The Bertz CT molecular complexity index is 1070. The third-order valence-corrected chi connectivity index (χ3v) is 4.52. The highest BCUT2D eigenvalue weighted by Gasteiger charge is 2.14. The molecule has 4 aromatic rings. The van der Waals surface area contributed by atoms with Crippen LogP contribution in [0.1, 0.15) is 21.7 Å². The van der Waals surface area contributed by atoms with E-state index in [9.17, 15) is 4.79 Å². The zero-order valence-corrected chi connectivity index (χ0v) is 15.1. The maximum atomic E-state index is 12.9. The molecule has 0 unspecified atom stereocenters. The molecule has 2 heterocycles. The molecule has 1 amide bonds. The fourth-order valence-corrected chi connectivity index (χ4v) is 3.13. The van der Waals surface area contributed by atoms with Crippen molar-refractivity contribution in [2.45, 2.75) is 13.3 Å². The number of fused-ring (bicyclic) bond motifs is 1. The second-order valence-electron chi connectivity index (χ2n) is 6.53. The van der Waals surface area contributed by atoms with E-state index in [2.05, 4.69) is 5.32 Å². The highest BCUT2D eigenvalue weighted by atomic mass is 16.3. The molecule has 27 heavy (non-hydrogen) atoms. The summed E-state index contributed by atoms with van der Waals surface area (Å²) in [5.74, 6) is 0.757. The number of nitrogens with one attached hydrogen (secondary N) is 1. The van der Waals surface area contributed by atoms with Gasteiger partial charge in [-0.15, -0.1) is 0 Å². The van der Waals surface area contributed by atoms with Crippen molar-refractivity contribution in [3.8, 4) is 11.3 Å². The summed E-state index contributed by atoms with van der Waals surface area (Å²) < 4.78 is 5.32. The molecule has 0 radical (unpaired) electrons. The number of rotatable bonds is 5. The Labute approximate surface area is 157 Å². The summed E-state index contributed by atoms with van der Waals surface area (Å²) in [5.41, 5.74) is 4.34. The smallest absolute Gasteiger partial charge is 0.252 e. The molecule has 0 aliphatic rings. The van der Waals surface area contributed by atoms with Crippen molar-refractivity contribution >= 4 is 16.8 Å². The first-order valence-electron chi connectivity index (χ1n) is 8.98. The van der Waals surface area contributed by atoms with Crippen LogP contribution in [0.2, 0.25) is 0 Å². The Morgan fingerprint density at radius 2 is 1.89 bits per heavy atom. The third-order valence-electron chi connectivity index (χ3n) is 4.52. The molecule has 2 aromatic heterocycles. The van der Waals surface area contributed by atoms with Crippen molar-refractivity contribution in [2.24, 2.45) is 0 Å². The van der Waals surface area contributed by atoms with Crippen LogP contribution in [0.4, 0.5) is 0 Å². The average molecular weight is 356 g/mol. The number of furan rings is 1. The summed E-state index contributed by atoms with van der Waals surface area (Å²) in [5, 5.41) is 3.87. The number of benzene rings is 2. The zero-order chi connectivity index (χ0) is 18.6. The van der Waals surface area contributed by atoms with Gasteiger partial charge >= 0.3 is 0 Å². The van der Waals surface area contributed by atoms with Gasteiger partial charge in [0.25, 0.3) is 5.91 Å². The van der Waals surface area contributed by atoms with Crippen LogP contribution < -0.4 is 5.32 Å². The summed E-state index contributed by atoms with van der Waals surface area (Å²) in [6, 6.07) is 21.5. The van der Waals surface area contributed by atoms with E-state index in [4.69, 9.17) is 9.40 Å². The van der Waals surface area contributed by atoms with Crippen LogP contribution >= 0.6 is 0 Å². The Kier molecular flexibility index (Phi) is 4.71. The number of carbonyl (C=O) groups excluding carboxylic acids is 1. The standard InChI is InChI=1S/C23H20N2O2/c1-16-9-10-21-19(14-16)20(15-22(25-21)17-6-3-2-4-7-17)23(26)24-12-11-18-8-5-13-27-18/h2-10,13-15H,11-12H2,1H3,(H,24,26). The lowest BCUT2D eigenvalue weighted by atomic mass is 10.0. The second-order valence-corrected chi connectivity index (χ2v) is 6.53. The molecule has 4 rings (SSSR count). The normalized spacial score (nSPS) is 10.9. The van der Waals surface area contributed by atoms with Gasteiger partial charge in [-0.1, -0.05) is 42.0 Å². The highest BCUT2D eigenvalue weighted by Crippen LogP contribution is 2.25. The summed E-state index contributed by atoms with van der Waals surface area (Å²) in [6.07, 6.45) is 2.30. The molecule has 4 heteroatoms. The van der Waals surface area contributed by atoms with E-state index in [0.717, 1.165) is 33.5 Å². The molecular weight excluding hydrogens is 336 g/mol. The minimum absolute atomic E-state index is 0.100. The van der Waals surface area contributed by atoms with Gasteiger partial charge in [-0.2, -0.15) is 0 Å². The number of pyridine rings is 1. The summed E-state index contributed by atoms with van der Waals surface area (Å²) in [4.78, 5) is 17.7. The molecule has 0 aliphatic heterocycles. The maximum Gasteiger partial charge on any atom is 0.252 e. The highest BCUT2D eigenvalue weighted by molar-refractivity contribution is 6.07. The van der Waals surface area contributed by atoms with Gasteiger partial charge in [0.1, 0.15) is 5.76 Å². The first-order valence-corrected chi connectivity index (χ1v) is 8.98. The van der Waals surface area contributed by atoms with Crippen molar-refractivity contribution in [2.75, 3.05) is 6.54 Å². The predicted molar refractivity (Wildman–Crippen MR) is 107 cm³/mol. The van der Waals surface area contributed by atoms with Crippen LogP contribution in [-0.2, 0) is 6.42 Å². The molecular formula is C23H20N2O2. The maximum absolute atomic E-state index is 12.9. The van der Waals surface area contributed by atoms with Gasteiger partial charge in [-0.05, 0) is 37.3 Å². The summed E-state index contributed by atoms with van der Waals surface area (Å²) in [7, 11) is 0. The minimum Gasteiger partial charge on any atom is -0.469 e. The number of aromatic nitrogens is 1. The second kappa shape index (κ2) is 7.46. The molecule has 0 spiro atoms. The first kappa shape index (κ1) is 17.0. The molecule has 0 fully saturated rings. The van der Waals surface area contributed by atoms with Gasteiger partial charge in [0.2, 0.25) is 0 Å². The van der Waals surface area contributed by atoms with Gasteiger partial charge in [-0.25, -0.2) is 4.98 Å². The van der Waals surface area contributed by atoms with E-state index in [-0.39, 0.29) is 5.91 Å². The number of nitrogens with zero attached hydrogens (tertiary/aromatic N) is 1. The minimum atomic E-state index is -0.100. The van der Waals surface area contributed by atoms with Crippen LogP contribution in [0.3, 0.4) is 0 Å². The molecule has 0 aliphatic carbocycles. The molecule has 1 N–H and O–H groups in total.